The smallest absolute Gasteiger partial charge is 0.341 e. The van der Waals surface area contributed by atoms with Gasteiger partial charge in [0, 0.05) is 18.0 Å². The Kier molecular flexibility index (Phi) is 7.49. The Morgan fingerprint density at radius 1 is 1.03 bits per heavy atom. The van der Waals surface area contributed by atoms with Crippen molar-refractivity contribution in [3.63, 3.8) is 0 Å². The number of benzene rings is 2. The molecule has 2 aromatic carbocycles. The summed E-state index contributed by atoms with van der Waals surface area (Å²) < 4.78 is 11.3. The van der Waals surface area contributed by atoms with Gasteiger partial charge >= 0.3 is 5.97 Å². The Labute approximate surface area is 202 Å². The lowest BCUT2D eigenvalue weighted by Gasteiger charge is -2.09. The van der Waals surface area contributed by atoms with Crippen LogP contribution in [0.1, 0.15) is 29.5 Å². The Hall–Kier alpha value is -3.78. The van der Waals surface area contributed by atoms with Gasteiger partial charge in [0.05, 0.1) is 10.6 Å². The fourth-order valence-electron chi connectivity index (χ4n) is 3.51. The summed E-state index contributed by atoms with van der Waals surface area (Å²) in [6, 6.07) is 13.9. The number of aromatic nitrogens is 3. The van der Waals surface area contributed by atoms with E-state index in [0.717, 1.165) is 45.1 Å². The molecule has 0 atom stereocenters. The number of aliphatic carboxylic acids is 1. The minimum absolute atomic E-state index is 0.300. The summed E-state index contributed by atoms with van der Waals surface area (Å²) in [5, 5.41) is 9.62. The quantitative estimate of drug-likeness (QED) is 0.320. The summed E-state index contributed by atoms with van der Waals surface area (Å²) >= 11 is 1.58. The number of carboxylic acid groups (broad SMARTS) is 1. The van der Waals surface area contributed by atoms with Crippen LogP contribution < -0.4 is 9.47 Å². The van der Waals surface area contributed by atoms with E-state index in [-0.39, 0.29) is 6.61 Å². The van der Waals surface area contributed by atoms with Crippen LogP contribution in [0.25, 0.3) is 21.7 Å². The summed E-state index contributed by atoms with van der Waals surface area (Å²) in [5.74, 6) is 0.161. The van der Waals surface area contributed by atoms with Crippen LogP contribution >= 0.6 is 11.3 Å². The van der Waals surface area contributed by atoms with Gasteiger partial charge in [0.15, 0.2) is 6.61 Å². The third kappa shape index (κ3) is 5.77. The van der Waals surface area contributed by atoms with E-state index in [0.29, 0.717) is 18.1 Å². The number of hydrogen-bond donors (Lipinski definition) is 1. The maximum absolute atomic E-state index is 10.7. The van der Waals surface area contributed by atoms with Crippen molar-refractivity contribution in [2.24, 2.45) is 0 Å². The molecule has 0 bridgehead atoms. The van der Waals surface area contributed by atoms with E-state index < -0.39 is 5.97 Å². The second-order valence-corrected chi connectivity index (χ2v) is 8.84. The van der Waals surface area contributed by atoms with Gasteiger partial charge in [-0.1, -0.05) is 37.6 Å². The van der Waals surface area contributed by atoms with Gasteiger partial charge in [-0.25, -0.2) is 19.7 Å². The molecule has 8 heteroatoms. The van der Waals surface area contributed by atoms with Gasteiger partial charge in [-0.05, 0) is 48.2 Å². The van der Waals surface area contributed by atoms with Gasteiger partial charge in [-0.3, -0.25) is 0 Å². The highest BCUT2D eigenvalue weighted by molar-refractivity contribution is 7.15. The van der Waals surface area contributed by atoms with E-state index in [1.807, 2.05) is 13.0 Å². The number of nitrogens with zero attached hydrogens (tertiary/aromatic N) is 3. The zero-order valence-electron chi connectivity index (χ0n) is 19.0. The molecule has 2 heterocycles. The van der Waals surface area contributed by atoms with Gasteiger partial charge in [-0.15, -0.1) is 11.3 Å². The first-order valence-corrected chi connectivity index (χ1v) is 11.8. The van der Waals surface area contributed by atoms with Crippen LogP contribution in [0.3, 0.4) is 0 Å². The summed E-state index contributed by atoms with van der Waals surface area (Å²) in [6.45, 7) is 3.94. The van der Waals surface area contributed by atoms with Gasteiger partial charge in [0.1, 0.15) is 29.4 Å². The molecule has 4 aromatic rings. The molecule has 2 aromatic heterocycles. The predicted molar refractivity (Wildman–Crippen MR) is 131 cm³/mol. The van der Waals surface area contributed by atoms with E-state index in [4.69, 9.17) is 19.6 Å². The molecule has 1 N–H and O–H groups in total. The summed E-state index contributed by atoms with van der Waals surface area (Å²) in [4.78, 5) is 24.9. The van der Waals surface area contributed by atoms with Crippen molar-refractivity contribution >= 4 is 17.3 Å². The maximum Gasteiger partial charge on any atom is 0.341 e. The minimum atomic E-state index is -1.01. The number of ether oxygens (including phenoxy) is 2. The molecule has 0 amide bonds. The lowest BCUT2D eigenvalue weighted by atomic mass is 10.0. The van der Waals surface area contributed by atoms with Crippen LogP contribution in [-0.2, 0) is 17.8 Å². The highest BCUT2D eigenvalue weighted by Crippen LogP contribution is 2.37. The van der Waals surface area contributed by atoms with E-state index in [2.05, 4.69) is 41.2 Å². The monoisotopic (exact) mass is 475 g/mol. The van der Waals surface area contributed by atoms with Gasteiger partial charge < -0.3 is 14.6 Å². The van der Waals surface area contributed by atoms with Crippen LogP contribution in [0.5, 0.6) is 11.5 Å². The zero-order chi connectivity index (χ0) is 23.9. The standard InChI is InChI=1S/C26H25N3O4S/c1-3-4-18-5-7-19(8-6-18)26-25(20-12-27-16-28-13-20)29-23(34-26)14-32-21-9-10-22(17(2)11-21)33-15-24(30)31/h5-13,16H,3-4,14-15H2,1-2H3,(H,30,31). The summed E-state index contributed by atoms with van der Waals surface area (Å²) in [7, 11) is 0. The van der Waals surface area contributed by atoms with E-state index in [9.17, 15) is 4.79 Å². The van der Waals surface area contributed by atoms with Crippen LogP contribution in [0, 0.1) is 6.92 Å². The fourth-order valence-corrected chi connectivity index (χ4v) is 4.51. The molecule has 174 valence electrons. The molecule has 0 aliphatic heterocycles. The third-order valence-electron chi connectivity index (χ3n) is 5.12. The molecular weight excluding hydrogens is 450 g/mol. The third-order valence-corrected chi connectivity index (χ3v) is 6.20. The normalized spacial score (nSPS) is 10.8. The van der Waals surface area contributed by atoms with Crippen molar-refractivity contribution in [1.29, 1.82) is 0 Å². The first-order chi connectivity index (χ1) is 16.5. The molecule has 7 nitrogen and oxygen atoms in total. The van der Waals surface area contributed by atoms with E-state index >= 15 is 0 Å². The molecule has 0 aliphatic rings. The summed E-state index contributed by atoms with van der Waals surface area (Å²) in [6.07, 6.45) is 7.20. The first-order valence-electron chi connectivity index (χ1n) is 11.0. The second kappa shape index (κ2) is 10.9. The average molecular weight is 476 g/mol. The molecule has 0 fully saturated rings. The van der Waals surface area contributed by atoms with Crippen molar-refractivity contribution in [1.82, 2.24) is 15.0 Å². The highest BCUT2D eigenvalue weighted by atomic mass is 32.1. The Balaban J connectivity index is 1.56. The van der Waals surface area contributed by atoms with Crippen molar-refractivity contribution in [3.8, 4) is 33.2 Å². The average Bonchev–Trinajstić information content (AvgIpc) is 3.28. The topological polar surface area (TPSA) is 94.4 Å². The van der Waals surface area contributed by atoms with Crippen LogP contribution in [0.15, 0.2) is 61.2 Å². The summed E-state index contributed by atoms with van der Waals surface area (Å²) in [5.41, 5.74) is 4.90. The number of carbonyl (C=O) groups is 1. The maximum atomic E-state index is 10.7. The molecule has 0 radical (unpaired) electrons. The zero-order valence-corrected chi connectivity index (χ0v) is 19.8. The predicted octanol–water partition coefficient (Wildman–Crippen LogP) is 5.57. The van der Waals surface area contributed by atoms with Gasteiger partial charge in [0.25, 0.3) is 0 Å². The highest BCUT2D eigenvalue weighted by Gasteiger charge is 2.16. The number of aryl methyl sites for hydroxylation is 2. The lowest BCUT2D eigenvalue weighted by Crippen LogP contribution is -2.10. The fraction of sp³-hybridized carbons (Fsp3) is 0.231. The molecule has 0 saturated carbocycles. The molecule has 0 unspecified atom stereocenters. The molecule has 0 spiro atoms. The Bertz CT molecular complexity index is 1260. The molecule has 0 saturated heterocycles. The van der Waals surface area contributed by atoms with E-state index in [1.165, 1.54) is 11.9 Å². The van der Waals surface area contributed by atoms with Gasteiger partial charge in [0.2, 0.25) is 0 Å². The number of rotatable bonds is 10. The van der Waals surface area contributed by atoms with Crippen LogP contribution in [0.2, 0.25) is 0 Å². The van der Waals surface area contributed by atoms with Crippen molar-refractivity contribution in [2.45, 2.75) is 33.3 Å². The minimum Gasteiger partial charge on any atom is -0.486 e. The van der Waals surface area contributed by atoms with Crippen LogP contribution in [0.4, 0.5) is 0 Å². The van der Waals surface area contributed by atoms with Crippen molar-refractivity contribution in [3.05, 3.63) is 77.3 Å². The number of carboxylic acids is 1. The van der Waals surface area contributed by atoms with Crippen molar-refractivity contribution < 1.29 is 19.4 Å². The Morgan fingerprint density at radius 3 is 2.47 bits per heavy atom. The van der Waals surface area contributed by atoms with E-state index in [1.54, 1.807) is 35.9 Å². The van der Waals surface area contributed by atoms with Crippen molar-refractivity contribution in [2.75, 3.05) is 6.61 Å². The molecule has 34 heavy (non-hydrogen) atoms. The Morgan fingerprint density at radius 2 is 1.79 bits per heavy atom. The molecular formula is C26H25N3O4S. The molecule has 4 rings (SSSR count). The first kappa shape index (κ1) is 23.4. The lowest BCUT2D eigenvalue weighted by molar-refractivity contribution is -0.139. The molecule has 0 aliphatic carbocycles. The number of thiazole rings is 1. The SMILES string of the molecule is CCCc1ccc(-c2sc(COc3ccc(OCC(=O)O)c(C)c3)nc2-c2cncnc2)cc1. The largest absolute Gasteiger partial charge is 0.486 e. The van der Waals surface area contributed by atoms with Gasteiger partial charge in [-0.2, -0.15) is 0 Å². The number of hydrogen-bond acceptors (Lipinski definition) is 7. The van der Waals surface area contributed by atoms with Crippen LogP contribution in [-0.4, -0.2) is 32.6 Å². The second-order valence-electron chi connectivity index (χ2n) is 7.76.